The standard InChI is InChI=1S/C17H17N3O4S/c1-24-15-8-5-7-14(10-15)20(25(2,22)23)12-17(21)19-16-9-4-3-6-13(16)11-18/h3-10H,12H2,1-2H3,(H,19,21). The number of nitrogens with one attached hydrogen (secondary N) is 1. The highest BCUT2D eigenvalue weighted by molar-refractivity contribution is 7.92. The predicted octanol–water partition coefficient (Wildman–Crippen LogP) is 1.97. The van der Waals surface area contributed by atoms with Crippen molar-refractivity contribution in [2.45, 2.75) is 0 Å². The Morgan fingerprint density at radius 3 is 2.60 bits per heavy atom. The highest BCUT2D eigenvalue weighted by Gasteiger charge is 2.21. The van der Waals surface area contributed by atoms with Crippen LogP contribution < -0.4 is 14.4 Å². The molecule has 0 unspecified atom stereocenters. The third-order valence-corrected chi connectivity index (χ3v) is 4.49. The molecule has 0 bridgehead atoms. The smallest absolute Gasteiger partial charge is 0.245 e. The van der Waals surface area contributed by atoms with Crippen LogP contribution in [0, 0.1) is 11.3 Å². The molecule has 0 saturated heterocycles. The maximum absolute atomic E-state index is 12.3. The molecule has 2 aromatic carbocycles. The Morgan fingerprint density at radius 2 is 1.96 bits per heavy atom. The van der Waals surface area contributed by atoms with Crippen LogP contribution in [0.5, 0.6) is 5.75 Å². The van der Waals surface area contributed by atoms with Crippen LogP contribution in [0.15, 0.2) is 48.5 Å². The molecule has 0 fully saturated rings. The van der Waals surface area contributed by atoms with Gasteiger partial charge in [0.2, 0.25) is 15.9 Å². The molecular weight excluding hydrogens is 342 g/mol. The summed E-state index contributed by atoms with van der Waals surface area (Å²) in [6.07, 6.45) is 1.02. The van der Waals surface area contributed by atoms with Crippen LogP contribution in [0.3, 0.4) is 0 Å². The number of benzene rings is 2. The molecule has 2 aromatic rings. The van der Waals surface area contributed by atoms with Crippen LogP contribution in [-0.4, -0.2) is 34.2 Å². The minimum Gasteiger partial charge on any atom is -0.497 e. The molecule has 130 valence electrons. The van der Waals surface area contributed by atoms with Gasteiger partial charge in [-0.1, -0.05) is 18.2 Å². The highest BCUT2D eigenvalue weighted by Crippen LogP contribution is 2.23. The lowest BCUT2D eigenvalue weighted by Crippen LogP contribution is -2.37. The fraction of sp³-hybridized carbons (Fsp3) is 0.176. The molecular formula is C17H17N3O4S. The molecule has 2 rings (SSSR count). The van der Waals surface area contributed by atoms with Gasteiger partial charge < -0.3 is 10.1 Å². The summed E-state index contributed by atoms with van der Waals surface area (Å²) in [6.45, 7) is -0.425. The molecule has 0 saturated carbocycles. The van der Waals surface area contributed by atoms with Crippen LogP contribution in [0.4, 0.5) is 11.4 Å². The molecule has 1 amide bonds. The van der Waals surface area contributed by atoms with Gasteiger partial charge in [-0.15, -0.1) is 0 Å². The Hall–Kier alpha value is -3.05. The topological polar surface area (TPSA) is 99.5 Å². The Kier molecular flexibility index (Phi) is 5.62. The van der Waals surface area contributed by atoms with E-state index in [1.54, 1.807) is 42.5 Å². The Bertz CT molecular complexity index is 919. The summed E-state index contributed by atoms with van der Waals surface area (Å²) in [5.74, 6) is -0.0858. The lowest BCUT2D eigenvalue weighted by Gasteiger charge is -2.22. The van der Waals surface area contributed by atoms with E-state index in [2.05, 4.69) is 5.32 Å². The van der Waals surface area contributed by atoms with E-state index < -0.39 is 22.5 Å². The minimum absolute atomic E-state index is 0.295. The van der Waals surface area contributed by atoms with E-state index in [0.717, 1.165) is 10.6 Å². The SMILES string of the molecule is COc1cccc(N(CC(=O)Nc2ccccc2C#N)S(C)(=O)=O)c1. The monoisotopic (exact) mass is 359 g/mol. The lowest BCUT2D eigenvalue weighted by molar-refractivity contribution is -0.114. The normalized spacial score (nSPS) is 10.6. The van der Waals surface area contributed by atoms with Gasteiger partial charge in [0, 0.05) is 6.07 Å². The molecule has 0 spiro atoms. The predicted molar refractivity (Wildman–Crippen MR) is 95.0 cm³/mol. The first-order chi connectivity index (χ1) is 11.8. The Balaban J connectivity index is 2.26. The van der Waals surface area contributed by atoms with Crippen molar-refractivity contribution in [2.24, 2.45) is 0 Å². The molecule has 25 heavy (non-hydrogen) atoms. The quantitative estimate of drug-likeness (QED) is 0.850. The lowest BCUT2D eigenvalue weighted by atomic mass is 10.2. The van der Waals surface area contributed by atoms with E-state index in [0.29, 0.717) is 22.7 Å². The fourth-order valence-electron chi connectivity index (χ4n) is 2.18. The van der Waals surface area contributed by atoms with Gasteiger partial charge in [0.25, 0.3) is 0 Å². The van der Waals surface area contributed by atoms with Crippen LogP contribution in [0.1, 0.15) is 5.56 Å². The molecule has 0 aromatic heterocycles. The molecule has 0 heterocycles. The summed E-state index contributed by atoms with van der Waals surface area (Å²) in [6, 6.07) is 14.9. The van der Waals surface area contributed by atoms with Gasteiger partial charge in [-0.05, 0) is 24.3 Å². The van der Waals surface area contributed by atoms with E-state index in [4.69, 9.17) is 10.00 Å². The number of carbonyl (C=O) groups is 1. The number of rotatable bonds is 6. The molecule has 0 radical (unpaired) electrons. The molecule has 0 atom stereocenters. The highest BCUT2D eigenvalue weighted by atomic mass is 32.2. The molecule has 7 nitrogen and oxygen atoms in total. The zero-order valence-corrected chi connectivity index (χ0v) is 14.6. The number of ether oxygens (including phenoxy) is 1. The first kappa shape index (κ1) is 18.3. The van der Waals surface area contributed by atoms with Gasteiger partial charge in [0.15, 0.2) is 0 Å². The number of anilines is 2. The van der Waals surface area contributed by atoms with E-state index in [9.17, 15) is 13.2 Å². The molecule has 8 heteroatoms. The Labute approximate surface area is 146 Å². The van der Waals surface area contributed by atoms with Crippen molar-refractivity contribution in [1.82, 2.24) is 0 Å². The van der Waals surface area contributed by atoms with E-state index in [-0.39, 0.29) is 0 Å². The number of nitrogens with zero attached hydrogens (tertiary/aromatic N) is 2. The number of hydrogen-bond acceptors (Lipinski definition) is 5. The van der Waals surface area contributed by atoms with Gasteiger partial charge in [-0.3, -0.25) is 9.10 Å². The summed E-state index contributed by atoms with van der Waals surface area (Å²) in [4.78, 5) is 12.3. The third kappa shape index (κ3) is 4.71. The van der Waals surface area contributed by atoms with Crippen molar-refractivity contribution in [3.63, 3.8) is 0 Å². The number of nitriles is 1. The van der Waals surface area contributed by atoms with E-state index >= 15 is 0 Å². The van der Waals surface area contributed by atoms with Gasteiger partial charge in [-0.25, -0.2) is 8.42 Å². The average Bonchev–Trinajstić information content (AvgIpc) is 2.59. The van der Waals surface area contributed by atoms with Crippen LogP contribution in [-0.2, 0) is 14.8 Å². The maximum atomic E-state index is 12.3. The summed E-state index contributed by atoms with van der Waals surface area (Å²) in [5.41, 5.74) is 0.933. The van der Waals surface area contributed by atoms with Crippen molar-refractivity contribution < 1.29 is 17.9 Å². The maximum Gasteiger partial charge on any atom is 0.245 e. The second-order valence-electron chi connectivity index (χ2n) is 5.18. The van der Waals surface area contributed by atoms with Gasteiger partial charge in [0.1, 0.15) is 18.4 Å². The van der Waals surface area contributed by atoms with Crippen LogP contribution in [0.2, 0.25) is 0 Å². The van der Waals surface area contributed by atoms with Crippen molar-refractivity contribution in [2.75, 3.05) is 29.5 Å². The van der Waals surface area contributed by atoms with Gasteiger partial charge >= 0.3 is 0 Å². The van der Waals surface area contributed by atoms with Crippen LogP contribution in [0.25, 0.3) is 0 Å². The summed E-state index contributed by atoms with van der Waals surface area (Å²) >= 11 is 0. The molecule has 0 aliphatic rings. The van der Waals surface area contributed by atoms with Gasteiger partial charge in [-0.2, -0.15) is 5.26 Å². The second-order valence-corrected chi connectivity index (χ2v) is 7.08. The zero-order valence-electron chi connectivity index (χ0n) is 13.8. The molecule has 0 aliphatic carbocycles. The van der Waals surface area contributed by atoms with Gasteiger partial charge in [0.05, 0.1) is 30.3 Å². The van der Waals surface area contributed by atoms with Crippen LogP contribution >= 0.6 is 0 Å². The number of sulfonamides is 1. The number of carbonyl (C=O) groups excluding carboxylic acids is 1. The molecule has 1 N–H and O–H groups in total. The number of methoxy groups -OCH3 is 1. The van der Waals surface area contributed by atoms with Crippen molar-refractivity contribution in [3.8, 4) is 11.8 Å². The van der Waals surface area contributed by atoms with Crippen molar-refractivity contribution in [3.05, 3.63) is 54.1 Å². The fourth-order valence-corrected chi connectivity index (χ4v) is 3.02. The summed E-state index contributed by atoms with van der Waals surface area (Å²) in [5, 5.41) is 11.6. The van der Waals surface area contributed by atoms with E-state index in [1.807, 2.05) is 6.07 Å². The Morgan fingerprint density at radius 1 is 1.24 bits per heavy atom. The number of para-hydroxylation sites is 1. The zero-order chi connectivity index (χ0) is 18.4. The second kappa shape index (κ2) is 7.68. The summed E-state index contributed by atoms with van der Waals surface area (Å²) < 4.78 is 30.3. The minimum atomic E-state index is -3.69. The van der Waals surface area contributed by atoms with E-state index in [1.165, 1.54) is 13.2 Å². The third-order valence-electron chi connectivity index (χ3n) is 3.35. The largest absolute Gasteiger partial charge is 0.497 e. The molecule has 0 aliphatic heterocycles. The average molecular weight is 359 g/mol. The van der Waals surface area contributed by atoms with Crippen molar-refractivity contribution in [1.29, 1.82) is 5.26 Å². The first-order valence-corrected chi connectivity index (χ1v) is 9.10. The summed E-state index contributed by atoms with van der Waals surface area (Å²) in [7, 11) is -2.23. The number of amides is 1. The van der Waals surface area contributed by atoms with Crippen molar-refractivity contribution >= 4 is 27.3 Å². The first-order valence-electron chi connectivity index (χ1n) is 7.26. The number of hydrogen-bond donors (Lipinski definition) is 1.